The highest BCUT2D eigenvalue weighted by molar-refractivity contribution is 14.0. The first-order valence-corrected chi connectivity index (χ1v) is 11.7. The van der Waals surface area contributed by atoms with E-state index in [1.54, 1.807) is 4.31 Å². The fraction of sp³-hybridized carbons (Fsp3) is 0.650. The largest absolute Gasteiger partial charge is 0.357 e. The molecule has 1 aromatic rings. The molecule has 2 heterocycles. The van der Waals surface area contributed by atoms with Crippen LogP contribution in [-0.2, 0) is 16.4 Å². The van der Waals surface area contributed by atoms with Crippen LogP contribution in [0.15, 0.2) is 35.3 Å². The molecular weight excluding hydrogens is 487 g/mol. The smallest absolute Gasteiger partial charge is 0.214 e. The zero-order chi connectivity index (χ0) is 19.1. The summed E-state index contributed by atoms with van der Waals surface area (Å²) in [7, 11) is -3.03. The first kappa shape index (κ1) is 23.4. The van der Waals surface area contributed by atoms with Crippen molar-refractivity contribution in [2.24, 2.45) is 10.9 Å². The van der Waals surface area contributed by atoms with Crippen molar-refractivity contribution in [2.45, 2.75) is 32.6 Å². The second-order valence-electron chi connectivity index (χ2n) is 7.42. The van der Waals surface area contributed by atoms with Gasteiger partial charge in [0, 0.05) is 32.7 Å². The predicted octanol–water partition coefficient (Wildman–Crippen LogP) is 2.56. The molecule has 0 radical (unpaired) electrons. The first-order valence-electron chi connectivity index (χ1n) is 10.1. The number of guanidine groups is 1. The van der Waals surface area contributed by atoms with Crippen molar-refractivity contribution in [1.82, 2.24) is 14.5 Å². The Kier molecular flexibility index (Phi) is 9.49. The number of aliphatic imine (C=N–C) groups is 1. The molecule has 0 unspecified atom stereocenters. The summed E-state index contributed by atoms with van der Waals surface area (Å²) in [5.74, 6) is 1.93. The third-order valence-corrected chi connectivity index (χ3v) is 7.39. The number of benzene rings is 1. The first-order chi connectivity index (χ1) is 13.1. The minimum absolute atomic E-state index is 0. The summed E-state index contributed by atoms with van der Waals surface area (Å²) < 4.78 is 25.4. The maximum atomic E-state index is 11.9. The number of hydrogen-bond donors (Lipinski definition) is 1. The average molecular weight is 520 g/mol. The van der Waals surface area contributed by atoms with Crippen molar-refractivity contribution in [1.29, 1.82) is 0 Å². The molecule has 0 amide bonds. The predicted molar refractivity (Wildman–Crippen MR) is 126 cm³/mol. The van der Waals surface area contributed by atoms with Crippen molar-refractivity contribution in [2.75, 3.05) is 45.0 Å². The van der Waals surface area contributed by atoms with Crippen LogP contribution in [-0.4, -0.2) is 68.6 Å². The van der Waals surface area contributed by atoms with E-state index in [0.29, 0.717) is 19.6 Å². The topological polar surface area (TPSA) is 65.0 Å². The van der Waals surface area contributed by atoms with Gasteiger partial charge in [0.25, 0.3) is 0 Å². The lowest BCUT2D eigenvalue weighted by Crippen LogP contribution is -2.46. The van der Waals surface area contributed by atoms with Gasteiger partial charge in [-0.15, -0.1) is 24.0 Å². The highest BCUT2D eigenvalue weighted by atomic mass is 127. The minimum Gasteiger partial charge on any atom is -0.357 e. The van der Waals surface area contributed by atoms with E-state index < -0.39 is 10.0 Å². The average Bonchev–Trinajstić information content (AvgIpc) is 3.01. The third-order valence-electron chi connectivity index (χ3n) is 5.43. The number of likely N-dealkylation sites (tertiary alicyclic amines) is 1. The maximum absolute atomic E-state index is 11.9. The van der Waals surface area contributed by atoms with Crippen LogP contribution in [0.25, 0.3) is 0 Å². The van der Waals surface area contributed by atoms with Crippen LogP contribution in [0.5, 0.6) is 0 Å². The van der Waals surface area contributed by atoms with E-state index >= 15 is 0 Å². The molecule has 2 aliphatic rings. The molecule has 8 heteroatoms. The van der Waals surface area contributed by atoms with Gasteiger partial charge in [0.2, 0.25) is 10.0 Å². The highest BCUT2D eigenvalue weighted by Gasteiger charge is 2.27. The molecule has 1 aromatic carbocycles. The molecule has 0 aromatic heterocycles. The molecule has 2 saturated heterocycles. The molecule has 0 bridgehead atoms. The van der Waals surface area contributed by atoms with Crippen LogP contribution in [0.4, 0.5) is 0 Å². The Balaban J connectivity index is 0.00000280. The standard InChI is InChI=1S/C20H32N4O2S.HI/c1-2-21-20(22-11-15-24-12-6-16-27(24,25)26)23-13-9-19(10-14-23)17-18-7-4-3-5-8-18;/h3-5,7-8,19H,2,6,9-17H2,1H3,(H,21,22);1H. The fourth-order valence-corrected chi connectivity index (χ4v) is 5.45. The van der Waals surface area contributed by atoms with Crippen LogP contribution in [0, 0.1) is 5.92 Å². The quantitative estimate of drug-likeness (QED) is 0.356. The number of nitrogens with zero attached hydrogens (tertiary/aromatic N) is 3. The van der Waals surface area contributed by atoms with Gasteiger partial charge in [-0.3, -0.25) is 4.99 Å². The summed E-state index contributed by atoms with van der Waals surface area (Å²) in [6.07, 6.45) is 4.22. The van der Waals surface area contributed by atoms with Crippen molar-refractivity contribution in [3.8, 4) is 0 Å². The van der Waals surface area contributed by atoms with Crippen LogP contribution in [0.3, 0.4) is 0 Å². The molecule has 6 nitrogen and oxygen atoms in total. The lowest BCUT2D eigenvalue weighted by molar-refractivity contribution is 0.259. The van der Waals surface area contributed by atoms with Gasteiger partial charge in [0.05, 0.1) is 12.3 Å². The lowest BCUT2D eigenvalue weighted by atomic mass is 9.90. The number of halogens is 1. The van der Waals surface area contributed by atoms with Crippen molar-refractivity contribution in [3.05, 3.63) is 35.9 Å². The minimum atomic E-state index is -3.03. The van der Waals surface area contributed by atoms with Gasteiger partial charge < -0.3 is 10.2 Å². The molecule has 3 rings (SSSR count). The Morgan fingerprint density at radius 1 is 1.18 bits per heavy atom. The van der Waals surface area contributed by atoms with Crippen LogP contribution >= 0.6 is 24.0 Å². The molecular formula is C20H33IN4O2S. The zero-order valence-electron chi connectivity index (χ0n) is 16.7. The Morgan fingerprint density at radius 2 is 1.89 bits per heavy atom. The van der Waals surface area contributed by atoms with E-state index in [0.717, 1.165) is 44.4 Å². The summed E-state index contributed by atoms with van der Waals surface area (Å²) >= 11 is 0. The van der Waals surface area contributed by atoms with Gasteiger partial charge in [-0.2, -0.15) is 0 Å². The SMILES string of the molecule is CCNC(=NCCN1CCCS1(=O)=O)N1CCC(Cc2ccccc2)CC1.I. The summed E-state index contributed by atoms with van der Waals surface area (Å²) in [4.78, 5) is 7.02. The molecule has 0 spiro atoms. The zero-order valence-corrected chi connectivity index (χ0v) is 19.9. The Morgan fingerprint density at radius 3 is 2.50 bits per heavy atom. The normalized spacial score (nSPS) is 20.8. The van der Waals surface area contributed by atoms with E-state index in [1.807, 2.05) is 0 Å². The molecule has 1 N–H and O–H groups in total. The summed E-state index contributed by atoms with van der Waals surface area (Å²) in [5, 5.41) is 3.37. The molecule has 0 saturated carbocycles. The van der Waals surface area contributed by atoms with Crippen molar-refractivity contribution >= 4 is 40.0 Å². The molecule has 158 valence electrons. The van der Waals surface area contributed by atoms with Crippen LogP contribution < -0.4 is 5.32 Å². The summed E-state index contributed by atoms with van der Waals surface area (Å²) in [5.41, 5.74) is 1.42. The fourth-order valence-electron chi connectivity index (χ4n) is 3.93. The second-order valence-corrected chi connectivity index (χ2v) is 9.51. The Hall–Kier alpha value is -0.870. The number of piperidine rings is 1. The van der Waals surface area contributed by atoms with Crippen molar-refractivity contribution < 1.29 is 8.42 Å². The lowest BCUT2D eigenvalue weighted by Gasteiger charge is -2.34. The summed E-state index contributed by atoms with van der Waals surface area (Å²) in [6.45, 7) is 6.55. The van der Waals surface area contributed by atoms with Crippen LogP contribution in [0.1, 0.15) is 31.7 Å². The maximum Gasteiger partial charge on any atom is 0.214 e. The second kappa shape index (κ2) is 11.3. The van der Waals surface area contributed by atoms with Crippen LogP contribution in [0.2, 0.25) is 0 Å². The van der Waals surface area contributed by atoms with Gasteiger partial charge in [-0.1, -0.05) is 30.3 Å². The van der Waals surface area contributed by atoms with Gasteiger partial charge in [-0.05, 0) is 44.1 Å². The van der Waals surface area contributed by atoms with Gasteiger partial charge >= 0.3 is 0 Å². The highest BCUT2D eigenvalue weighted by Crippen LogP contribution is 2.21. The van der Waals surface area contributed by atoms with E-state index in [2.05, 4.69) is 47.5 Å². The van der Waals surface area contributed by atoms with E-state index in [-0.39, 0.29) is 29.7 Å². The molecule has 0 aliphatic carbocycles. The monoisotopic (exact) mass is 520 g/mol. The molecule has 28 heavy (non-hydrogen) atoms. The number of rotatable bonds is 6. The molecule has 2 fully saturated rings. The van der Waals surface area contributed by atoms with Gasteiger partial charge in [0.1, 0.15) is 0 Å². The van der Waals surface area contributed by atoms with Gasteiger partial charge in [-0.25, -0.2) is 12.7 Å². The summed E-state index contributed by atoms with van der Waals surface area (Å²) in [6, 6.07) is 10.7. The van der Waals surface area contributed by atoms with E-state index in [1.165, 1.54) is 18.4 Å². The molecule has 0 atom stereocenters. The third kappa shape index (κ3) is 6.59. The Bertz CT molecular complexity index is 719. The number of hydrogen-bond acceptors (Lipinski definition) is 3. The number of nitrogens with one attached hydrogen (secondary N) is 1. The van der Waals surface area contributed by atoms with Gasteiger partial charge in [0.15, 0.2) is 5.96 Å². The van der Waals surface area contributed by atoms with E-state index in [4.69, 9.17) is 4.99 Å². The Labute approximate surface area is 186 Å². The van der Waals surface area contributed by atoms with Crippen molar-refractivity contribution in [3.63, 3.8) is 0 Å². The molecule has 2 aliphatic heterocycles. The number of sulfonamides is 1. The van der Waals surface area contributed by atoms with E-state index in [9.17, 15) is 8.42 Å².